The van der Waals surface area contributed by atoms with Gasteiger partial charge in [-0.15, -0.1) is 5.10 Å². The number of rotatable bonds is 6. The number of hydrogen-bond donors (Lipinski definition) is 2. The summed E-state index contributed by atoms with van der Waals surface area (Å²) < 4.78 is 26.0. The molecule has 1 aromatic heterocycles. The second kappa shape index (κ2) is 7.85. The third-order valence-corrected chi connectivity index (χ3v) is 3.65. The van der Waals surface area contributed by atoms with Crippen LogP contribution in [0.5, 0.6) is 0 Å². The smallest absolute Gasteiger partial charge is 0.244 e. The quantitative estimate of drug-likeness (QED) is 0.689. The van der Waals surface area contributed by atoms with Crippen LogP contribution >= 0.6 is 11.6 Å². The van der Waals surface area contributed by atoms with Gasteiger partial charge in [0.1, 0.15) is 11.6 Å². The minimum atomic E-state index is -0.490. The van der Waals surface area contributed by atoms with Crippen molar-refractivity contribution in [1.29, 1.82) is 0 Å². The Morgan fingerprint density at radius 2 is 1.84 bits per heavy atom. The molecule has 1 heterocycles. The van der Waals surface area contributed by atoms with Gasteiger partial charge in [0.05, 0.1) is 11.2 Å². The first-order chi connectivity index (χ1) is 12.1. The normalized spacial score (nSPS) is 10.5. The van der Waals surface area contributed by atoms with Gasteiger partial charge in [-0.1, -0.05) is 23.7 Å². The topological polar surface area (TPSA) is 62.7 Å². The zero-order valence-corrected chi connectivity index (χ0v) is 13.8. The Labute approximate surface area is 148 Å². The molecule has 3 rings (SSSR count). The first-order valence-corrected chi connectivity index (χ1v) is 7.88. The maximum absolute atomic E-state index is 13.2. The number of hydrogen-bond acceptors (Lipinski definition) is 5. The van der Waals surface area contributed by atoms with Gasteiger partial charge in [-0.25, -0.2) is 8.78 Å². The van der Waals surface area contributed by atoms with E-state index < -0.39 is 5.82 Å². The van der Waals surface area contributed by atoms with Gasteiger partial charge in [0.15, 0.2) is 5.82 Å². The van der Waals surface area contributed by atoms with E-state index in [-0.39, 0.29) is 10.8 Å². The van der Waals surface area contributed by atoms with Crippen molar-refractivity contribution in [1.82, 2.24) is 15.2 Å². The molecule has 3 aromatic rings. The van der Waals surface area contributed by atoms with Gasteiger partial charge < -0.3 is 10.6 Å². The van der Waals surface area contributed by atoms with E-state index in [0.717, 1.165) is 5.56 Å². The first-order valence-electron chi connectivity index (χ1n) is 7.50. The SMILES string of the molecule is Fc1ccc(CCNc2nncc(Nc3ccc(F)c(Cl)c3)n2)cc1. The van der Waals surface area contributed by atoms with E-state index in [1.807, 2.05) is 0 Å². The first kappa shape index (κ1) is 17.0. The molecule has 0 bridgehead atoms. The van der Waals surface area contributed by atoms with Crippen LogP contribution in [-0.4, -0.2) is 21.7 Å². The zero-order chi connectivity index (χ0) is 17.6. The molecule has 0 saturated carbocycles. The Kier molecular flexibility index (Phi) is 5.35. The van der Waals surface area contributed by atoms with E-state index in [4.69, 9.17) is 11.6 Å². The molecule has 0 amide bonds. The van der Waals surface area contributed by atoms with Crippen molar-refractivity contribution in [3.8, 4) is 0 Å². The highest BCUT2D eigenvalue weighted by molar-refractivity contribution is 6.31. The van der Waals surface area contributed by atoms with E-state index in [9.17, 15) is 8.78 Å². The van der Waals surface area contributed by atoms with Crippen molar-refractivity contribution in [3.05, 3.63) is 70.9 Å². The summed E-state index contributed by atoms with van der Waals surface area (Å²) in [5.74, 6) is 0.0439. The minimum Gasteiger partial charge on any atom is -0.353 e. The van der Waals surface area contributed by atoms with Crippen molar-refractivity contribution in [2.75, 3.05) is 17.2 Å². The van der Waals surface area contributed by atoms with Gasteiger partial charge in [0.25, 0.3) is 0 Å². The Balaban J connectivity index is 1.59. The summed E-state index contributed by atoms with van der Waals surface area (Å²) in [6, 6.07) is 10.6. The molecule has 0 fully saturated rings. The fourth-order valence-corrected chi connectivity index (χ4v) is 2.31. The third-order valence-electron chi connectivity index (χ3n) is 3.36. The number of anilines is 3. The van der Waals surface area contributed by atoms with Gasteiger partial charge in [-0.05, 0) is 42.3 Å². The molecule has 0 spiro atoms. The average Bonchev–Trinajstić information content (AvgIpc) is 2.60. The predicted octanol–water partition coefficient (Wildman–Crippen LogP) is 4.20. The molecule has 0 radical (unpaired) electrons. The van der Waals surface area contributed by atoms with E-state index in [2.05, 4.69) is 25.8 Å². The monoisotopic (exact) mass is 361 g/mol. The largest absolute Gasteiger partial charge is 0.353 e. The van der Waals surface area contributed by atoms with Crippen LogP contribution in [0.4, 0.5) is 26.2 Å². The molecule has 25 heavy (non-hydrogen) atoms. The summed E-state index contributed by atoms with van der Waals surface area (Å²) in [4.78, 5) is 4.27. The van der Waals surface area contributed by atoms with Crippen LogP contribution in [0, 0.1) is 11.6 Å². The maximum atomic E-state index is 13.2. The van der Waals surface area contributed by atoms with Crippen LogP contribution in [0.25, 0.3) is 0 Å². The zero-order valence-electron chi connectivity index (χ0n) is 13.0. The number of aromatic nitrogens is 3. The van der Waals surface area contributed by atoms with Crippen LogP contribution in [-0.2, 0) is 6.42 Å². The van der Waals surface area contributed by atoms with Gasteiger partial charge in [-0.2, -0.15) is 10.1 Å². The average molecular weight is 362 g/mol. The number of nitrogens with one attached hydrogen (secondary N) is 2. The highest BCUT2D eigenvalue weighted by Gasteiger charge is 2.04. The maximum Gasteiger partial charge on any atom is 0.244 e. The molecule has 2 N–H and O–H groups in total. The van der Waals surface area contributed by atoms with Crippen LogP contribution in [0.3, 0.4) is 0 Å². The molecule has 0 aliphatic rings. The third kappa shape index (κ3) is 4.84. The molecule has 0 aliphatic carbocycles. The molecule has 0 aliphatic heterocycles. The molecule has 0 saturated heterocycles. The molecule has 2 aromatic carbocycles. The van der Waals surface area contributed by atoms with E-state index in [1.165, 1.54) is 30.5 Å². The minimum absolute atomic E-state index is 0.0182. The van der Waals surface area contributed by atoms with E-state index in [0.29, 0.717) is 30.4 Å². The highest BCUT2D eigenvalue weighted by Crippen LogP contribution is 2.21. The summed E-state index contributed by atoms with van der Waals surface area (Å²) in [6.07, 6.45) is 2.14. The van der Waals surface area contributed by atoms with Crippen LogP contribution < -0.4 is 10.6 Å². The molecule has 8 heteroatoms. The molecule has 5 nitrogen and oxygen atoms in total. The van der Waals surface area contributed by atoms with Crippen molar-refractivity contribution in [2.45, 2.75) is 6.42 Å². The van der Waals surface area contributed by atoms with Gasteiger partial charge in [-0.3, -0.25) is 0 Å². The molecule has 0 unspecified atom stereocenters. The van der Waals surface area contributed by atoms with Crippen LogP contribution in [0.2, 0.25) is 5.02 Å². The van der Waals surface area contributed by atoms with Crippen LogP contribution in [0.15, 0.2) is 48.7 Å². The Morgan fingerprint density at radius 1 is 1.04 bits per heavy atom. The fourth-order valence-electron chi connectivity index (χ4n) is 2.13. The predicted molar refractivity (Wildman–Crippen MR) is 93.1 cm³/mol. The van der Waals surface area contributed by atoms with Gasteiger partial charge in [0.2, 0.25) is 5.95 Å². The number of halogens is 3. The number of benzene rings is 2. The van der Waals surface area contributed by atoms with E-state index in [1.54, 1.807) is 18.2 Å². The number of nitrogens with zero attached hydrogens (tertiary/aromatic N) is 3. The van der Waals surface area contributed by atoms with Crippen molar-refractivity contribution >= 4 is 29.1 Å². The summed E-state index contributed by atoms with van der Waals surface area (Å²) in [7, 11) is 0. The van der Waals surface area contributed by atoms with Crippen molar-refractivity contribution < 1.29 is 8.78 Å². The summed E-state index contributed by atoms with van der Waals surface area (Å²) >= 11 is 5.75. The second-order valence-electron chi connectivity index (χ2n) is 5.22. The summed E-state index contributed by atoms with van der Waals surface area (Å²) in [5, 5.41) is 13.8. The standard InChI is InChI=1S/C17H14ClF2N5/c18-14-9-13(5-6-15(14)20)23-16-10-22-25-17(24-16)21-8-7-11-1-3-12(19)4-2-11/h1-6,9-10H,7-8H2,(H2,21,23,24,25). The summed E-state index contributed by atoms with van der Waals surface area (Å²) in [5.41, 5.74) is 1.58. The molecule has 128 valence electrons. The van der Waals surface area contributed by atoms with E-state index >= 15 is 0 Å². The van der Waals surface area contributed by atoms with Gasteiger partial charge in [0, 0.05) is 12.2 Å². The molecular formula is C17H14ClF2N5. The molecular weight excluding hydrogens is 348 g/mol. The van der Waals surface area contributed by atoms with Crippen LogP contribution in [0.1, 0.15) is 5.56 Å². The Hall–Kier alpha value is -2.80. The Bertz CT molecular complexity index is 858. The second-order valence-corrected chi connectivity index (χ2v) is 5.63. The molecule has 0 atom stereocenters. The lowest BCUT2D eigenvalue weighted by Gasteiger charge is -2.08. The fraction of sp³-hybridized carbons (Fsp3) is 0.118. The lowest BCUT2D eigenvalue weighted by molar-refractivity contribution is 0.627. The Morgan fingerprint density at radius 3 is 2.60 bits per heavy atom. The lowest BCUT2D eigenvalue weighted by atomic mass is 10.1. The van der Waals surface area contributed by atoms with Gasteiger partial charge >= 0.3 is 0 Å². The van der Waals surface area contributed by atoms with Crippen molar-refractivity contribution in [3.63, 3.8) is 0 Å². The lowest BCUT2D eigenvalue weighted by Crippen LogP contribution is -2.09. The highest BCUT2D eigenvalue weighted by atomic mass is 35.5. The summed E-state index contributed by atoms with van der Waals surface area (Å²) in [6.45, 7) is 0.569. The van der Waals surface area contributed by atoms with Crippen molar-refractivity contribution in [2.24, 2.45) is 0 Å².